The number of halogens is 2. The average molecular weight is 367 g/mol. The maximum absolute atomic E-state index is 12.2. The van der Waals surface area contributed by atoms with Gasteiger partial charge in [0.15, 0.2) is 0 Å². The van der Waals surface area contributed by atoms with Gasteiger partial charge in [-0.15, -0.1) is 11.3 Å². The Balaban J connectivity index is 1.69. The van der Waals surface area contributed by atoms with Crippen LogP contribution in [0, 0.1) is 5.92 Å². The molecule has 2 N–H and O–H groups in total. The Morgan fingerprint density at radius 2 is 1.84 bits per heavy atom. The molecule has 1 aromatic carbocycles. The molecule has 0 saturated heterocycles. The SMILES string of the molecule is O=C(NC(C(=O)O)C1CC1)c1ccc(-c2ccc(OC(F)F)cc2)s1. The molecule has 25 heavy (non-hydrogen) atoms. The second-order valence-corrected chi connectivity index (χ2v) is 6.78. The lowest BCUT2D eigenvalue weighted by Crippen LogP contribution is -2.42. The van der Waals surface area contributed by atoms with E-state index in [0.717, 1.165) is 23.3 Å². The second kappa shape index (κ2) is 7.18. The summed E-state index contributed by atoms with van der Waals surface area (Å²) in [6.07, 6.45) is 1.61. The molecule has 3 rings (SSSR count). The van der Waals surface area contributed by atoms with E-state index >= 15 is 0 Å². The van der Waals surface area contributed by atoms with Gasteiger partial charge in [-0.05, 0) is 60.7 Å². The van der Waals surface area contributed by atoms with Gasteiger partial charge in [-0.25, -0.2) is 4.79 Å². The quantitative estimate of drug-likeness (QED) is 0.784. The summed E-state index contributed by atoms with van der Waals surface area (Å²) in [5.41, 5.74) is 0.752. The molecule has 1 saturated carbocycles. The zero-order valence-electron chi connectivity index (χ0n) is 12.9. The summed E-state index contributed by atoms with van der Waals surface area (Å²) in [5, 5.41) is 11.7. The molecule has 0 aliphatic heterocycles. The van der Waals surface area contributed by atoms with Crippen LogP contribution in [-0.4, -0.2) is 29.6 Å². The van der Waals surface area contributed by atoms with Crippen LogP contribution in [-0.2, 0) is 4.79 Å². The van der Waals surface area contributed by atoms with Crippen LogP contribution in [0.4, 0.5) is 8.78 Å². The van der Waals surface area contributed by atoms with Crippen molar-refractivity contribution in [2.75, 3.05) is 0 Å². The molecule has 8 heteroatoms. The van der Waals surface area contributed by atoms with Gasteiger partial charge in [-0.2, -0.15) is 8.78 Å². The first kappa shape index (κ1) is 17.3. The molecule has 1 unspecified atom stereocenters. The molecule has 1 aromatic heterocycles. The molecule has 1 heterocycles. The number of aliphatic carboxylic acids is 1. The number of hydrogen-bond donors (Lipinski definition) is 2. The zero-order chi connectivity index (χ0) is 18.0. The number of benzene rings is 1. The van der Waals surface area contributed by atoms with Crippen molar-refractivity contribution >= 4 is 23.2 Å². The predicted octanol–water partition coefficient (Wildman–Crippen LogP) is 3.61. The van der Waals surface area contributed by atoms with Crippen molar-refractivity contribution in [3.05, 3.63) is 41.3 Å². The van der Waals surface area contributed by atoms with Crippen LogP contribution in [0.2, 0.25) is 0 Å². The van der Waals surface area contributed by atoms with E-state index in [1.54, 1.807) is 24.3 Å². The molecule has 2 aromatic rings. The van der Waals surface area contributed by atoms with Crippen LogP contribution in [0.25, 0.3) is 10.4 Å². The lowest BCUT2D eigenvalue weighted by molar-refractivity contribution is -0.139. The smallest absolute Gasteiger partial charge is 0.387 e. The fourth-order valence-electron chi connectivity index (χ4n) is 2.44. The number of ether oxygens (including phenoxy) is 1. The van der Waals surface area contributed by atoms with Crippen LogP contribution < -0.4 is 10.1 Å². The Labute approximate surface area is 146 Å². The number of nitrogens with one attached hydrogen (secondary N) is 1. The highest BCUT2D eigenvalue weighted by molar-refractivity contribution is 7.17. The minimum atomic E-state index is -2.88. The normalized spacial score (nSPS) is 15.0. The molecule has 0 radical (unpaired) electrons. The zero-order valence-corrected chi connectivity index (χ0v) is 13.8. The lowest BCUT2D eigenvalue weighted by Gasteiger charge is -2.12. The lowest BCUT2D eigenvalue weighted by atomic mass is 10.2. The summed E-state index contributed by atoms with van der Waals surface area (Å²) in [5.74, 6) is -1.39. The van der Waals surface area contributed by atoms with E-state index in [0.29, 0.717) is 4.88 Å². The number of carbonyl (C=O) groups is 2. The highest BCUT2D eigenvalue weighted by atomic mass is 32.1. The first-order valence-electron chi connectivity index (χ1n) is 7.63. The number of carboxylic acids is 1. The van der Waals surface area contributed by atoms with E-state index < -0.39 is 24.5 Å². The predicted molar refractivity (Wildman–Crippen MR) is 88.0 cm³/mol. The van der Waals surface area contributed by atoms with Gasteiger partial charge in [0.25, 0.3) is 5.91 Å². The summed E-state index contributed by atoms with van der Waals surface area (Å²) in [6, 6.07) is 8.58. The fourth-order valence-corrected chi connectivity index (χ4v) is 3.35. The van der Waals surface area contributed by atoms with Gasteiger partial charge < -0.3 is 15.2 Å². The number of rotatable bonds is 7. The van der Waals surface area contributed by atoms with Gasteiger partial charge in [-0.1, -0.05) is 0 Å². The Bertz CT molecular complexity index is 771. The molecule has 1 atom stereocenters. The molecule has 132 valence electrons. The fraction of sp³-hybridized carbons (Fsp3) is 0.294. The van der Waals surface area contributed by atoms with Crippen molar-refractivity contribution in [1.29, 1.82) is 0 Å². The van der Waals surface area contributed by atoms with E-state index in [4.69, 9.17) is 0 Å². The van der Waals surface area contributed by atoms with Crippen molar-refractivity contribution in [2.45, 2.75) is 25.5 Å². The molecule has 5 nitrogen and oxygen atoms in total. The topological polar surface area (TPSA) is 75.6 Å². The average Bonchev–Trinajstić information content (AvgIpc) is 3.28. The van der Waals surface area contributed by atoms with Gasteiger partial charge in [0, 0.05) is 4.88 Å². The van der Waals surface area contributed by atoms with E-state index in [-0.39, 0.29) is 11.7 Å². The van der Waals surface area contributed by atoms with Crippen molar-refractivity contribution in [3.8, 4) is 16.2 Å². The summed E-state index contributed by atoms with van der Waals surface area (Å²) in [4.78, 5) is 24.6. The number of thiophene rings is 1. The van der Waals surface area contributed by atoms with Gasteiger partial charge in [0.1, 0.15) is 11.8 Å². The number of carboxylic acid groups (broad SMARTS) is 1. The monoisotopic (exact) mass is 367 g/mol. The summed E-state index contributed by atoms with van der Waals surface area (Å²) in [6.45, 7) is -2.88. The third-order valence-electron chi connectivity index (χ3n) is 3.84. The van der Waals surface area contributed by atoms with Crippen LogP contribution >= 0.6 is 11.3 Å². The minimum Gasteiger partial charge on any atom is -0.480 e. The van der Waals surface area contributed by atoms with Crippen LogP contribution in [0.5, 0.6) is 5.75 Å². The van der Waals surface area contributed by atoms with Crippen molar-refractivity contribution in [3.63, 3.8) is 0 Å². The van der Waals surface area contributed by atoms with Gasteiger partial charge in [0.2, 0.25) is 0 Å². The largest absolute Gasteiger partial charge is 0.480 e. The highest BCUT2D eigenvalue weighted by Gasteiger charge is 2.37. The number of carbonyl (C=O) groups excluding carboxylic acids is 1. The van der Waals surface area contributed by atoms with Crippen molar-refractivity contribution in [1.82, 2.24) is 5.32 Å². The Morgan fingerprint density at radius 1 is 1.16 bits per heavy atom. The second-order valence-electron chi connectivity index (χ2n) is 5.69. The van der Waals surface area contributed by atoms with E-state index in [1.807, 2.05) is 0 Å². The maximum Gasteiger partial charge on any atom is 0.387 e. The highest BCUT2D eigenvalue weighted by Crippen LogP contribution is 2.34. The molecular weight excluding hydrogens is 352 g/mol. The first-order valence-corrected chi connectivity index (χ1v) is 8.44. The van der Waals surface area contributed by atoms with Crippen molar-refractivity contribution < 1.29 is 28.2 Å². The molecule has 1 fully saturated rings. The molecular formula is C17H15F2NO4S. The maximum atomic E-state index is 12.2. The Morgan fingerprint density at radius 3 is 2.40 bits per heavy atom. The summed E-state index contributed by atoms with van der Waals surface area (Å²) < 4.78 is 28.6. The molecule has 0 spiro atoms. The van der Waals surface area contributed by atoms with Gasteiger partial charge >= 0.3 is 12.6 Å². The van der Waals surface area contributed by atoms with Crippen LogP contribution in [0.3, 0.4) is 0 Å². The molecule has 1 aliphatic carbocycles. The van der Waals surface area contributed by atoms with E-state index in [9.17, 15) is 23.5 Å². The van der Waals surface area contributed by atoms with Gasteiger partial charge in [-0.3, -0.25) is 4.79 Å². The number of hydrogen-bond acceptors (Lipinski definition) is 4. The van der Waals surface area contributed by atoms with E-state index in [1.165, 1.54) is 23.5 Å². The standard InChI is InChI=1S/C17H15F2NO4S/c18-17(19)24-11-5-3-9(4-6-11)12-7-8-13(25-12)15(21)20-14(16(22)23)10-1-2-10/h3-8,10,14,17H,1-2H2,(H,20,21)(H,22,23). The van der Waals surface area contributed by atoms with Crippen LogP contribution in [0.1, 0.15) is 22.5 Å². The first-order chi connectivity index (χ1) is 11.9. The van der Waals surface area contributed by atoms with Crippen LogP contribution in [0.15, 0.2) is 36.4 Å². The third-order valence-corrected chi connectivity index (χ3v) is 4.97. The summed E-state index contributed by atoms with van der Waals surface area (Å²) in [7, 11) is 0. The third kappa shape index (κ3) is 4.33. The molecule has 1 amide bonds. The van der Waals surface area contributed by atoms with Gasteiger partial charge in [0.05, 0.1) is 4.88 Å². The number of amides is 1. The summed E-state index contributed by atoms with van der Waals surface area (Å²) >= 11 is 1.21. The van der Waals surface area contributed by atoms with E-state index in [2.05, 4.69) is 10.1 Å². The number of alkyl halides is 2. The molecule has 0 bridgehead atoms. The Hall–Kier alpha value is -2.48. The minimum absolute atomic E-state index is 0.00302. The Kier molecular flexibility index (Phi) is 4.98. The van der Waals surface area contributed by atoms with Crippen molar-refractivity contribution in [2.24, 2.45) is 5.92 Å². The molecule has 1 aliphatic rings.